The fourth-order valence-electron chi connectivity index (χ4n) is 7.35. The lowest BCUT2D eigenvalue weighted by Crippen LogP contribution is -2.43. The van der Waals surface area contributed by atoms with E-state index in [1.165, 1.54) is 29.6 Å². The number of imidazole rings is 2. The first kappa shape index (κ1) is 37.7. The summed E-state index contributed by atoms with van der Waals surface area (Å²) < 4.78 is 0. The van der Waals surface area contributed by atoms with Crippen LogP contribution in [-0.4, -0.2) is 88.1 Å². The van der Waals surface area contributed by atoms with Gasteiger partial charge in [-0.2, -0.15) is 0 Å². The number of aromatic amines is 2. The van der Waals surface area contributed by atoms with Gasteiger partial charge in [-0.25, -0.2) is 19.9 Å². The molecule has 4 aromatic heterocycles. The summed E-state index contributed by atoms with van der Waals surface area (Å²) >= 11 is 2.79. The maximum Gasteiger partial charge on any atom is 0.250 e. The van der Waals surface area contributed by atoms with Gasteiger partial charge in [0.15, 0.2) is 14.7 Å². The highest BCUT2D eigenvalue weighted by atomic mass is 32.1. The summed E-state index contributed by atoms with van der Waals surface area (Å²) in [5.41, 5.74) is 2.65. The van der Waals surface area contributed by atoms with Crippen LogP contribution < -0.4 is 10.6 Å². The molecule has 4 amide bonds. The molecule has 0 radical (unpaired) electrons. The second-order valence-electron chi connectivity index (χ2n) is 13.8. The second-order valence-corrected chi connectivity index (χ2v) is 15.7. The number of carbonyl (C=O) groups is 4. The molecule has 0 spiro atoms. The topological polar surface area (TPSA) is 202 Å². The SMILES string of the molecule is CC(=O)N[C@@H](C(=O)N1CCCC1c1ncc(-c2nc3sc(C#Cc4cnc([C@@H]5CCCN5C(=O)[C@H](NC(=O)CO)c5ccccc5)[nH]4)nc3s2)[nH]1)c1ccccc1. The molecule has 0 saturated carbocycles. The predicted molar refractivity (Wildman–Crippen MR) is 212 cm³/mol. The van der Waals surface area contributed by atoms with E-state index in [9.17, 15) is 24.3 Å². The number of aliphatic hydroxyl groups excluding tert-OH is 1. The zero-order valence-corrected chi connectivity index (χ0v) is 32.4. The summed E-state index contributed by atoms with van der Waals surface area (Å²) in [4.78, 5) is 82.1. The van der Waals surface area contributed by atoms with Crippen LogP contribution in [0.5, 0.6) is 0 Å². The minimum Gasteiger partial charge on any atom is -0.387 e. The van der Waals surface area contributed by atoms with Crippen LogP contribution in [-0.2, 0) is 19.2 Å². The van der Waals surface area contributed by atoms with Crippen LogP contribution in [0.15, 0.2) is 73.1 Å². The summed E-state index contributed by atoms with van der Waals surface area (Å²) in [7, 11) is 0. The van der Waals surface area contributed by atoms with Gasteiger partial charge in [0.25, 0.3) is 0 Å². The first-order chi connectivity index (χ1) is 27.7. The molecule has 17 heteroatoms. The maximum absolute atomic E-state index is 13.8. The summed E-state index contributed by atoms with van der Waals surface area (Å²) in [5, 5.41) is 16.1. The van der Waals surface area contributed by atoms with Crippen LogP contribution in [0.25, 0.3) is 20.4 Å². The van der Waals surface area contributed by atoms with Gasteiger partial charge in [0, 0.05) is 20.0 Å². The molecule has 6 heterocycles. The summed E-state index contributed by atoms with van der Waals surface area (Å²) in [6.07, 6.45) is 6.38. The van der Waals surface area contributed by atoms with Crippen LogP contribution in [0.2, 0.25) is 0 Å². The Labute approximate surface area is 335 Å². The number of nitrogens with one attached hydrogen (secondary N) is 4. The second kappa shape index (κ2) is 16.5. The van der Waals surface area contributed by atoms with Crippen molar-refractivity contribution < 1.29 is 24.3 Å². The number of amides is 4. The maximum atomic E-state index is 13.8. The van der Waals surface area contributed by atoms with E-state index in [2.05, 4.69) is 42.4 Å². The van der Waals surface area contributed by atoms with Gasteiger partial charge in [0.2, 0.25) is 23.6 Å². The van der Waals surface area contributed by atoms with Gasteiger partial charge in [0.05, 0.1) is 30.2 Å². The fraction of sp³-hybridized carbons (Fsp3) is 0.300. The third-order valence-corrected chi connectivity index (χ3v) is 11.9. The molecule has 290 valence electrons. The van der Waals surface area contributed by atoms with E-state index in [1.807, 2.05) is 36.4 Å². The predicted octanol–water partition coefficient (Wildman–Crippen LogP) is 4.32. The molecule has 0 bridgehead atoms. The fourth-order valence-corrected chi connectivity index (χ4v) is 9.21. The van der Waals surface area contributed by atoms with Gasteiger partial charge in [0.1, 0.15) is 41.0 Å². The molecule has 4 atom stereocenters. The zero-order chi connectivity index (χ0) is 39.5. The Hall–Kier alpha value is -6.22. The lowest BCUT2D eigenvalue weighted by molar-refractivity contribution is -0.138. The number of fused-ring (bicyclic) bond motifs is 1. The zero-order valence-electron chi connectivity index (χ0n) is 30.8. The van der Waals surface area contributed by atoms with Crippen LogP contribution in [0.3, 0.4) is 0 Å². The van der Waals surface area contributed by atoms with E-state index < -0.39 is 24.6 Å². The third-order valence-electron chi connectivity index (χ3n) is 9.96. The van der Waals surface area contributed by atoms with Crippen molar-refractivity contribution in [3.8, 4) is 22.5 Å². The van der Waals surface area contributed by atoms with Gasteiger partial charge in [-0.3, -0.25) is 19.2 Å². The highest BCUT2D eigenvalue weighted by Crippen LogP contribution is 2.37. The number of benzene rings is 2. The molecule has 8 rings (SSSR count). The lowest BCUT2D eigenvalue weighted by Gasteiger charge is -2.28. The van der Waals surface area contributed by atoms with Crippen LogP contribution >= 0.6 is 22.7 Å². The number of rotatable bonds is 10. The number of aliphatic hydroxyl groups is 1. The van der Waals surface area contributed by atoms with Crippen LogP contribution in [0.4, 0.5) is 0 Å². The van der Waals surface area contributed by atoms with E-state index in [-0.39, 0.29) is 29.8 Å². The van der Waals surface area contributed by atoms with Crippen molar-refractivity contribution in [1.29, 1.82) is 0 Å². The number of hydrogen-bond acceptors (Lipinski definition) is 11. The third kappa shape index (κ3) is 8.05. The van der Waals surface area contributed by atoms with E-state index in [0.717, 1.165) is 45.2 Å². The normalized spacial score (nSPS) is 17.6. The molecule has 2 aliphatic rings. The van der Waals surface area contributed by atoms with Crippen molar-refractivity contribution in [3.63, 3.8) is 0 Å². The Kier molecular flexibility index (Phi) is 10.9. The highest BCUT2D eigenvalue weighted by molar-refractivity contribution is 7.28. The molecule has 2 saturated heterocycles. The Balaban J connectivity index is 0.940. The van der Waals surface area contributed by atoms with Gasteiger partial charge in [-0.15, -0.1) is 0 Å². The van der Waals surface area contributed by atoms with E-state index >= 15 is 0 Å². The smallest absolute Gasteiger partial charge is 0.250 e. The molecule has 15 nitrogen and oxygen atoms in total. The molecule has 2 fully saturated rings. The number of H-pyrrole nitrogens is 2. The molecule has 57 heavy (non-hydrogen) atoms. The van der Waals surface area contributed by atoms with Gasteiger partial charge in [-0.05, 0) is 48.7 Å². The summed E-state index contributed by atoms with van der Waals surface area (Å²) in [6.45, 7) is 1.75. The monoisotopic (exact) mass is 802 g/mol. The van der Waals surface area contributed by atoms with Crippen molar-refractivity contribution in [2.45, 2.75) is 56.8 Å². The number of likely N-dealkylation sites (tertiary alicyclic amines) is 2. The lowest BCUT2D eigenvalue weighted by atomic mass is 10.0. The number of aromatic nitrogens is 6. The molecule has 2 aromatic carbocycles. The molecule has 5 N–H and O–H groups in total. The number of nitrogens with zero attached hydrogens (tertiary/aromatic N) is 6. The molecule has 2 aliphatic heterocycles. The number of carbonyl (C=O) groups excluding carboxylic acids is 4. The van der Waals surface area contributed by atoms with Crippen molar-refractivity contribution in [1.82, 2.24) is 50.3 Å². The van der Waals surface area contributed by atoms with Crippen molar-refractivity contribution in [2.75, 3.05) is 19.7 Å². The Morgan fingerprint density at radius 1 is 0.789 bits per heavy atom. The number of thiazole rings is 2. The van der Waals surface area contributed by atoms with E-state index in [0.29, 0.717) is 47.4 Å². The molecular formula is C40H38N10O5S2. The molecule has 0 aliphatic carbocycles. The minimum atomic E-state index is -0.937. The van der Waals surface area contributed by atoms with Crippen LogP contribution in [0.1, 0.15) is 90.3 Å². The molecular weight excluding hydrogens is 765 g/mol. The standard InChI is InChI=1S/C40H38N10O5S2/c1-23(52)43-32(24-10-4-2-5-11-24)39(54)50-19-9-15-29(50)35-42-21-27(45-35)36-48-38-37(57-36)47-31(56-38)17-16-26-20-41-34(44-26)28-14-8-18-49(28)40(55)33(46-30(53)22-51)25-12-6-3-7-13-25/h2-7,10-13,20-21,28-29,32-33,51H,8-9,14-15,18-19,22H2,1H3,(H,41,44)(H,42,45)(H,43,52)(H,46,53)/t28-,29?,32+,33+/m0/s1. The molecule has 1 unspecified atom stereocenters. The largest absolute Gasteiger partial charge is 0.387 e. The van der Waals surface area contributed by atoms with Gasteiger partial charge in [-0.1, -0.05) is 83.3 Å². The minimum absolute atomic E-state index is 0.176. The van der Waals surface area contributed by atoms with Crippen molar-refractivity contribution in [2.24, 2.45) is 0 Å². The van der Waals surface area contributed by atoms with Crippen LogP contribution in [0, 0.1) is 11.8 Å². The van der Waals surface area contributed by atoms with E-state index in [4.69, 9.17) is 9.97 Å². The van der Waals surface area contributed by atoms with E-state index in [1.54, 1.807) is 46.5 Å². The Bertz CT molecular complexity index is 2450. The summed E-state index contributed by atoms with van der Waals surface area (Å²) in [5.74, 6) is 6.11. The van der Waals surface area contributed by atoms with Crippen molar-refractivity contribution in [3.05, 3.63) is 107 Å². The quantitative estimate of drug-likeness (QED) is 0.125. The Morgan fingerprint density at radius 3 is 1.96 bits per heavy atom. The molecule has 6 aromatic rings. The van der Waals surface area contributed by atoms with Gasteiger partial charge >= 0.3 is 0 Å². The Morgan fingerprint density at radius 2 is 1.37 bits per heavy atom. The van der Waals surface area contributed by atoms with Gasteiger partial charge < -0.3 is 35.5 Å². The average Bonchev–Trinajstić information content (AvgIpc) is 4.08. The number of hydrogen-bond donors (Lipinski definition) is 5. The first-order valence-electron chi connectivity index (χ1n) is 18.5. The first-order valence-corrected chi connectivity index (χ1v) is 20.2. The average molecular weight is 803 g/mol. The van der Waals surface area contributed by atoms with Crippen molar-refractivity contribution >= 4 is 56.0 Å². The highest BCUT2D eigenvalue weighted by Gasteiger charge is 2.38. The summed E-state index contributed by atoms with van der Waals surface area (Å²) in [6, 6.07) is 15.9.